The summed E-state index contributed by atoms with van der Waals surface area (Å²) < 4.78 is 8.08. The lowest BCUT2D eigenvalue weighted by Crippen LogP contribution is -2.24. The van der Waals surface area contributed by atoms with Gasteiger partial charge in [0.25, 0.3) is 0 Å². The first-order chi connectivity index (χ1) is 10.4. The van der Waals surface area contributed by atoms with Gasteiger partial charge in [-0.25, -0.2) is 4.68 Å². The zero-order chi connectivity index (χ0) is 15.7. The van der Waals surface area contributed by atoms with Gasteiger partial charge < -0.3 is 4.52 Å². The van der Waals surface area contributed by atoms with Crippen LogP contribution in [0.3, 0.4) is 0 Å². The lowest BCUT2D eigenvalue weighted by atomic mass is 10.1. The molecular weight excluding hydrogens is 388 g/mol. The lowest BCUT2D eigenvalue weighted by Gasteiger charge is -2.19. The zero-order valence-electron chi connectivity index (χ0n) is 12.1. The van der Waals surface area contributed by atoms with Gasteiger partial charge in [0.15, 0.2) is 0 Å². The average molecular weight is 401 g/mol. The van der Waals surface area contributed by atoms with Crippen LogP contribution in [-0.2, 0) is 11.3 Å². The second kappa shape index (κ2) is 6.09. The van der Waals surface area contributed by atoms with E-state index in [-0.39, 0.29) is 5.54 Å². The van der Waals surface area contributed by atoms with Crippen LogP contribution < -0.4 is 0 Å². The Labute approximate surface area is 143 Å². The highest BCUT2D eigenvalue weighted by Gasteiger charge is 2.20. The van der Waals surface area contributed by atoms with Crippen molar-refractivity contribution in [3.05, 3.63) is 21.8 Å². The van der Waals surface area contributed by atoms with Crippen LogP contribution in [0.25, 0.3) is 10.7 Å². The Hall–Kier alpha value is -1.26. The number of thiophene rings is 1. The lowest BCUT2D eigenvalue weighted by molar-refractivity contribution is 0.321. The Morgan fingerprint density at radius 3 is 2.91 bits per heavy atom. The third-order valence-electron chi connectivity index (χ3n) is 2.66. The number of halogens is 1. The van der Waals surface area contributed by atoms with Gasteiger partial charge in [-0.15, -0.1) is 16.4 Å². The summed E-state index contributed by atoms with van der Waals surface area (Å²) in [5.41, 5.74) is -0.172. The molecule has 0 atom stereocenters. The quantitative estimate of drug-likeness (QED) is 0.618. The van der Waals surface area contributed by atoms with E-state index in [1.807, 2.05) is 32.2 Å². The number of tetrazole rings is 1. The monoisotopic (exact) mass is 400 g/mol. The minimum atomic E-state index is -0.172. The van der Waals surface area contributed by atoms with Crippen LogP contribution in [0.4, 0.5) is 0 Å². The first kappa shape index (κ1) is 15.6. The van der Waals surface area contributed by atoms with Gasteiger partial charge in [0.1, 0.15) is 0 Å². The normalized spacial score (nSPS) is 12.0. The molecule has 0 amide bonds. The molecule has 0 N–H and O–H groups in total. The van der Waals surface area contributed by atoms with Gasteiger partial charge in [0, 0.05) is 9.85 Å². The van der Waals surface area contributed by atoms with Crippen molar-refractivity contribution in [2.24, 2.45) is 0 Å². The van der Waals surface area contributed by atoms with Gasteiger partial charge in [-0.2, -0.15) is 4.98 Å². The van der Waals surface area contributed by atoms with E-state index in [1.165, 1.54) is 11.8 Å². The van der Waals surface area contributed by atoms with Crippen molar-refractivity contribution < 1.29 is 4.52 Å². The molecule has 3 rings (SSSR count). The fraction of sp³-hybridized carbons (Fsp3) is 0.417. The minimum Gasteiger partial charge on any atom is -0.338 e. The molecule has 7 nitrogen and oxygen atoms in total. The van der Waals surface area contributed by atoms with E-state index in [1.54, 1.807) is 16.0 Å². The maximum atomic E-state index is 5.28. The molecule has 0 saturated heterocycles. The van der Waals surface area contributed by atoms with E-state index in [2.05, 4.69) is 41.6 Å². The molecule has 116 valence electrons. The van der Waals surface area contributed by atoms with E-state index >= 15 is 0 Å². The van der Waals surface area contributed by atoms with Crippen LogP contribution in [0.5, 0.6) is 0 Å². The molecule has 0 bridgehead atoms. The highest BCUT2D eigenvalue weighted by atomic mass is 79.9. The summed E-state index contributed by atoms with van der Waals surface area (Å²) in [6.45, 7) is 6.15. The predicted octanol–water partition coefficient (Wildman–Crippen LogP) is 3.59. The van der Waals surface area contributed by atoms with E-state index in [4.69, 9.17) is 4.52 Å². The molecule has 3 aromatic rings. The third kappa shape index (κ3) is 3.39. The van der Waals surface area contributed by atoms with Crippen LogP contribution in [0, 0.1) is 0 Å². The molecule has 0 radical (unpaired) electrons. The molecule has 22 heavy (non-hydrogen) atoms. The van der Waals surface area contributed by atoms with Crippen LogP contribution in [-0.4, -0.2) is 30.3 Å². The van der Waals surface area contributed by atoms with E-state index < -0.39 is 0 Å². The number of rotatable bonds is 4. The molecule has 0 aromatic carbocycles. The first-order valence-corrected chi connectivity index (χ1v) is 9.08. The van der Waals surface area contributed by atoms with Gasteiger partial charge in [-0.1, -0.05) is 16.9 Å². The van der Waals surface area contributed by atoms with Gasteiger partial charge in [0.05, 0.1) is 16.2 Å². The Kier molecular flexibility index (Phi) is 4.33. The van der Waals surface area contributed by atoms with Crippen LogP contribution in [0.2, 0.25) is 0 Å². The summed E-state index contributed by atoms with van der Waals surface area (Å²) >= 11 is 6.45. The molecule has 0 aliphatic heterocycles. The van der Waals surface area contributed by atoms with Crippen molar-refractivity contribution in [2.75, 3.05) is 0 Å². The van der Waals surface area contributed by atoms with Gasteiger partial charge >= 0.3 is 0 Å². The maximum absolute atomic E-state index is 5.28. The Morgan fingerprint density at radius 1 is 1.41 bits per heavy atom. The summed E-state index contributed by atoms with van der Waals surface area (Å²) in [6.07, 6.45) is 0. The second-order valence-corrected chi connectivity index (χ2v) is 8.24. The Morgan fingerprint density at radius 2 is 2.23 bits per heavy atom. The van der Waals surface area contributed by atoms with Crippen molar-refractivity contribution in [3.8, 4) is 10.7 Å². The molecule has 0 spiro atoms. The molecule has 0 unspecified atom stereocenters. The molecule has 0 saturated carbocycles. The van der Waals surface area contributed by atoms with E-state index in [9.17, 15) is 0 Å². The van der Waals surface area contributed by atoms with Crippen molar-refractivity contribution in [1.29, 1.82) is 0 Å². The summed E-state index contributed by atoms with van der Waals surface area (Å²) in [5.74, 6) is 1.67. The predicted molar refractivity (Wildman–Crippen MR) is 87.7 cm³/mol. The molecule has 3 aromatic heterocycles. The van der Waals surface area contributed by atoms with Gasteiger partial charge in [0.2, 0.25) is 16.9 Å². The van der Waals surface area contributed by atoms with Crippen LogP contribution in [0.15, 0.2) is 25.6 Å². The van der Waals surface area contributed by atoms with E-state index in [0.717, 1.165) is 14.5 Å². The number of thioether (sulfide) groups is 1. The Balaban J connectivity index is 1.70. The smallest absolute Gasteiger partial charge is 0.237 e. The zero-order valence-corrected chi connectivity index (χ0v) is 15.4. The highest BCUT2D eigenvalue weighted by molar-refractivity contribution is 9.10. The maximum Gasteiger partial charge on any atom is 0.237 e. The van der Waals surface area contributed by atoms with Crippen LogP contribution in [0.1, 0.15) is 26.7 Å². The highest BCUT2D eigenvalue weighted by Crippen LogP contribution is 2.29. The number of nitrogens with zero attached hydrogens (tertiary/aromatic N) is 6. The van der Waals surface area contributed by atoms with Gasteiger partial charge in [-0.3, -0.25) is 0 Å². The summed E-state index contributed by atoms with van der Waals surface area (Å²) in [7, 11) is 0. The molecule has 3 heterocycles. The van der Waals surface area contributed by atoms with Crippen LogP contribution >= 0.6 is 39.0 Å². The molecule has 0 aliphatic rings. The average Bonchev–Trinajstić information content (AvgIpc) is 3.15. The van der Waals surface area contributed by atoms with Crippen molar-refractivity contribution in [3.63, 3.8) is 0 Å². The second-order valence-electron chi connectivity index (χ2n) is 5.47. The van der Waals surface area contributed by atoms with Crippen molar-refractivity contribution in [1.82, 2.24) is 30.3 Å². The number of hydrogen-bond donors (Lipinski definition) is 0. The standard InChI is InChI=1S/C12H13BrN6OS2/c1-12(2,3)19-11(15-17-18-19)22-6-9-14-10(16-20-9)8-4-7(13)5-21-8/h4-5H,6H2,1-3H3. The molecule has 0 aliphatic carbocycles. The van der Waals surface area contributed by atoms with E-state index in [0.29, 0.717) is 17.5 Å². The van der Waals surface area contributed by atoms with Crippen molar-refractivity contribution in [2.45, 2.75) is 37.2 Å². The van der Waals surface area contributed by atoms with Crippen molar-refractivity contribution >= 4 is 39.0 Å². The topological polar surface area (TPSA) is 82.5 Å². The SMILES string of the molecule is CC(C)(C)n1nnnc1SCc1nc(-c2cc(Br)cs2)no1. The summed E-state index contributed by atoms with van der Waals surface area (Å²) in [4.78, 5) is 5.36. The van der Waals surface area contributed by atoms with Gasteiger partial charge in [-0.05, 0) is 53.2 Å². The minimum absolute atomic E-state index is 0.172. The number of aromatic nitrogens is 6. The Bertz CT molecular complexity index is 775. The third-order valence-corrected chi connectivity index (χ3v) is 5.25. The number of hydrogen-bond acceptors (Lipinski definition) is 8. The molecule has 0 fully saturated rings. The fourth-order valence-corrected chi connectivity index (χ4v) is 3.91. The fourth-order valence-electron chi connectivity index (χ4n) is 1.66. The molecule has 10 heteroatoms. The first-order valence-electron chi connectivity index (χ1n) is 6.42. The molecular formula is C12H13BrN6OS2. The summed E-state index contributed by atoms with van der Waals surface area (Å²) in [6, 6.07) is 1.96. The largest absolute Gasteiger partial charge is 0.338 e. The summed E-state index contributed by atoms with van der Waals surface area (Å²) in [5, 5.41) is 18.5.